The summed E-state index contributed by atoms with van der Waals surface area (Å²) in [7, 11) is 0. The van der Waals surface area contributed by atoms with Crippen LogP contribution in [0.4, 0.5) is 0 Å². The van der Waals surface area contributed by atoms with Gasteiger partial charge in [-0.3, -0.25) is 4.79 Å². The number of piperidine rings is 1. The first-order chi connectivity index (χ1) is 12.4. The van der Waals surface area contributed by atoms with Crippen LogP contribution in [0.3, 0.4) is 0 Å². The summed E-state index contributed by atoms with van der Waals surface area (Å²) >= 11 is 20.3. The number of hydrogen-bond acceptors (Lipinski definition) is 5. The van der Waals surface area contributed by atoms with E-state index in [1.807, 2.05) is 11.0 Å². The highest BCUT2D eigenvalue weighted by Gasteiger charge is 2.28. The summed E-state index contributed by atoms with van der Waals surface area (Å²) < 4.78 is 3.03. The number of hydrogen-bond donors (Lipinski definition) is 0. The molecule has 0 N–H and O–H groups in total. The number of amides is 1. The van der Waals surface area contributed by atoms with E-state index >= 15 is 0 Å². The predicted octanol–water partition coefficient (Wildman–Crippen LogP) is 5.85. The van der Waals surface area contributed by atoms with Gasteiger partial charge in [0.1, 0.15) is 0 Å². The molecular weight excluding hydrogens is 429 g/mol. The highest BCUT2D eigenvalue weighted by molar-refractivity contribution is 8.01. The number of carbonyl (C=O) groups excluding carboxylic acids is 1. The van der Waals surface area contributed by atoms with Gasteiger partial charge in [0.25, 0.3) is 0 Å². The normalized spacial score (nSPS) is 20.4. The fourth-order valence-corrected chi connectivity index (χ4v) is 5.73. The zero-order valence-corrected chi connectivity index (χ0v) is 18.4. The summed E-state index contributed by atoms with van der Waals surface area (Å²) in [6.45, 7) is 4.25. The van der Waals surface area contributed by atoms with Crippen LogP contribution in [0.2, 0.25) is 10.0 Å². The molecule has 1 aliphatic heterocycles. The first-order valence-electron chi connectivity index (χ1n) is 8.36. The van der Waals surface area contributed by atoms with Crippen molar-refractivity contribution in [3.8, 4) is 5.69 Å². The summed E-state index contributed by atoms with van der Waals surface area (Å²) in [5.74, 6) is 0.537. The molecule has 1 saturated heterocycles. The SMILES string of the molecule is CC1CCCC(C)N1C(=O)CSc1nn(-c2ccc(Cl)c(Cl)c2)c(=S)s1. The molecule has 0 saturated carbocycles. The van der Waals surface area contributed by atoms with Crippen LogP contribution in [0.1, 0.15) is 33.1 Å². The van der Waals surface area contributed by atoms with E-state index in [1.165, 1.54) is 29.5 Å². The maximum atomic E-state index is 12.7. The predicted molar refractivity (Wildman–Crippen MR) is 113 cm³/mol. The maximum Gasteiger partial charge on any atom is 0.233 e. The fourth-order valence-electron chi connectivity index (χ4n) is 3.21. The van der Waals surface area contributed by atoms with Crippen molar-refractivity contribution in [1.82, 2.24) is 14.7 Å². The summed E-state index contributed by atoms with van der Waals surface area (Å²) in [5.41, 5.74) is 0.761. The minimum atomic E-state index is 0.164. The van der Waals surface area contributed by atoms with Crippen molar-refractivity contribution in [2.45, 2.75) is 49.5 Å². The van der Waals surface area contributed by atoms with Crippen LogP contribution in [0.5, 0.6) is 0 Å². The zero-order chi connectivity index (χ0) is 18.8. The van der Waals surface area contributed by atoms with Gasteiger partial charge in [0.2, 0.25) is 5.91 Å². The van der Waals surface area contributed by atoms with Gasteiger partial charge in [-0.1, -0.05) is 46.3 Å². The van der Waals surface area contributed by atoms with E-state index in [9.17, 15) is 4.79 Å². The van der Waals surface area contributed by atoms with Crippen molar-refractivity contribution >= 4 is 64.4 Å². The van der Waals surface area contributed by atoms with Crippen molar-refractivity contribution in [3.05, 3.63) is 32.2 Å². The van der Waals surface area contributed by atoms with E-state index in [-0.39, 0.29) is 5.91 Å². The summed E-state index contributed by atoms with van der Waals surface area (Å²) in [5, 5.41) is 5.47. The zero-order valence-electron chi connectivity index (χ0n) is 14.4. The van der Waals surface area contributed by atoms with E-state index in [1.54, 1.807) is 16.8 Å². The molecule has 9 heteroatoms. The Morgan fingerprint density at radius 2 is 2.00 bits per heavy atom. The molecule has 1 amide bonds. The average Bonchev–Trinajstić information content (AvgIpc) is 2.96. The number of nitrogens with zero attached hydrogens (tertiary/aromatic N) is 3. The highest BCUT2D eigenvalue weighted by Crippen LogP contribution is 2.29. The molecule has 0 aliphatic carbocycles. The molecule has 2 aromatic rings. The molecule has 1 aliphatic rings. The number of thioether (sulfide) groups is 1. The Morgan fingerprint density at radius 1 is 1.31 bits per heavy atom. The van der Waals surface area contributed by atoms with Crippen molar-refractivity contribution in [2.75, 3.05) is 5.75 Å². The molecule has 2 atom stereocenters. The quantitative estimate of drug-likeness (QED) is 0.434. The third-order valence-electron chi connectivity index (χ3n) is 4.48. The topological polar surface area (TPSA) is 38.1 Å². The lowest BCUT2D eigenvalue weighted by molar-refractivity contribution is -0.134. The molecule has 1 aromatic heterocycles. The van der Waals surface area contributed by atoms with Crippen LogP contribution in [-0.2, 0) is 4.79 Å². The number of likely N-dealkylation sites (tertiary alicyclic amines) is 1. The van der Waals surface area contributed by atoms with Gasteiger partial charge in [-0.25, -0.2) is 4.68 Å². The van der Waals surface area contributed by atoms with Crippen molar-refractivity contribution in [1.29, 1.82) is 0 Å². The first kappa shape index (κ1) is 20.1. The molecule has 4 nitrogen and oxygen atoms in total. The lowest BCUT2D eigenvalue weighted by Gasteiger charge is -2.39. The molecule has 0 spiro atoms. The molecule has 0 bridgehead atoms. The molecule has 1 fully saturated rings. The van der Waals surface area contributed by atoms with Gasteiger partial charge in [0, 0.05) is 12.1 Å². The average molecular weight is 448 g/mol. The lowest BCUT2D eigenvalue weighted by Crippen LogP contribution is -2.48. The van der Waals surface area contributed by atoms with Crippen molar-refractivity contribution < 1.29 is 4.79 Å². The molecule has 26 heavy (non-hydrogen) atoms. The lowest BCUT2D eigenvalue weighted by atomic mass is 9.98. The Morgan fingerprint density at radius 3 is 2.65 bits per heavy atom. The van der Waals surface area contributed by atoms with Crippen LogP contribution >= 0.6 is 58.5 Å². The second-order valence-corrected chi connectivity index (χ2v) is 10.0. The molecular formula is C17H19Cl2N3OS3. The highest BCUT2D eigenvalue weighted by atomic mass is 35.5. The Kier molecular flexibility index (Phi) is 6.67. The van der Waals surface area contributed by atoms with Crippen LogP contribution in [0, 0.1) is 3.95 Å². The smallest absolute Gasteiger partial charge is 0.233 e. The third-order valence-corrected chi connectivity index (χ3v) is 7.57. The third kappa shape index (κ3) is 4.44. The number of carbonyl (C=O) groups is 1. The maximum absolute atomic E-state index is 12.7. The number of rotatable bonds is 4. The van der Waals surface area contributed by atoms with E-state index < -0.39 is 0 Å². The second-order valence-electron chi connectivity index (χ2n) is 6.36. The minimum Gasteiger partial charge on any atom is -0.337 e. The summed E-state index contributed by atoms with van der Waals surface area (Å²) in [4.78, 5) is 14.7. The number of benzene rings is 1. The fraction of sp³-hybridized carbons (Fsp3) is 0.471. The second kappa shape index (κ2) is 8.61. The number of halogens is 2. The molecule has 2 unspecified atom stereocenters. The van der Waals surface area contributed by atoms with Gasteiger partial charge >= 0.3 is 0 Å². The van der Waals surface area contributed by atoms with Gasteiger partial charge in [-0.2, -0.15) is 0 Å². The van der Waals surface area contributed by atoms with Gasteiger partial charge < -0.3 is 4.90 Å². The van der Waals surface area contributed by atoms with Gasteiger partial charge in [-0.15, -0.1) is 5.10 Å². The van der Waals surface area contributed by atoms with Crippen LogP contribution in [0.15, 0.2) is 22.5 Å². The number of aromatic nitrogens is 2. The van der Waals surface area contributed by atoms with Crippen LogP contribution < -0.4 is 0 Å². The first-order valence-corrected chi connectivity index (χ1v) is 11.3. The van der Waals surface area contributed by atoms with Crippen LogP contribution in [0.25, 0.3) is 5.69 Å². The minimum absolute atomic E-state index is 0.164. The monoisotopic (exact) mass is 447 g/mol. The van der Waals surface area contributed by atoms with Crippen molar-refractivity contribution in [2.24, 2.45) is 0 Å². The molecule has 3 rings (SSSR count). The van der Waals surface area contributed by atoms with E-state index in [2.05, 4.69) is 18.9 Å². The van der Waals surface area contributed by atoms with Gasteiger partial charge in [0.15, 0.2) is 8.29 Å². The largest absolute Gasteiger partial charge is 0.337 e. The molecule has 2 heterocycles. The van der Waals surface area contributed by atoms with E-state index in [0.29, 0.717) is 31.8 Å². The Hall–Kier alpha value is -0.600. The molecule has 140 valence electrons. The van der Waals surface area contributed by atoms with E-state index in [4.69, 9.17) is 35.4 Å². The van der Waals surface area contributed by atoms with E-state index in [0.717, 1.165) is 22.9 Å². The molecule has 0 radical (unpaired) electrons. The van der Waals surface area contributed by atoms with Gasteiger partial charge in [-0.05, 0) is 63.5 Å². The Labute approximate surface area is 176 Å². The standard InChI is InChI=1S/C17H19Cl2N3OS3/c1-10-4-3-5-11(2)21(10)15(23)9-25-16-20-22(17(24)26-16)12-6-7-13(18)14(19)8-12/h6-8,10-11H,3-5,9H2,1-2H3. The Bertz CT molecular complexity index is 857. The summed E-state index contributed by atoms with van der Waals surface area (Å²) in [6.07, 6.45) is 3.34. The summed E-state index contributed by atoms with van der Waals surface area (Å²) in [6, 6.07) is 5.88. The molecule has 1 aromatic carbocycles. The van der Waals surface area contributed by atoms with Gasteiger partial charge in [0.05, 0.1) is 21.5 Å². The Balaban J connectivity index is 1.70. The van der Waals surface area contributed by atoms with Crippen molar-refractivity contribution in [3.63, 3.8) is 0 Å². The van der Waals surface area contributed by atoms with Crippen LogP contribution in [-0.4, -0.2) is 38.4 Å².